The number of nitrogens with zero attached hydrogens (tertiary/aromatic N) is 1. The van der Waals surface area contributed by atoms with E-state index < -0.39 is 17.5 Å². The maximum absolute atomic E-state index is 13.5. The van der Waals surface area contributed by atoms with Crippen LogP contribution in [0.15, 0.2) is 40.3 Å². The molecule has 4 nitrogen and oxygen atoms in total. The summed E-state index contributed by atoms with van der Waals surface area (Å²) in [7, 11) is 0. The summed E-state index contributed by atoms with van der Waals surface area (Å²) in [6.07, 6.45) is 0. The van der Waals surface area contributed by atoms with Gasteiger partial charge in [-0.05, 0) is 24.3 Å². The fourth-order valence-corrected chi connectivity index (χ4v) is 2.16. The maximum Gasteiger partial charge on any atom is 0.267 e. The van der Waals surface area contributed by atoms with E-state index in [1.807, 2.05) is 0 Å². The number of rotatable bonds is 3. The van der Waals surface area contributed by atoms with Crippen LogP contribution in [0.4, 0.5) is 14.5 Å². The number of amides is 1. The molecular formula is C12H9F2N3OS. The summed E-state index contributed by atoms with van der Waals surface area (Å²) in [5.41, 5.74) is 11.1. The second kappa shape index (κ2) is 5.23. The Morgan fingerprint density at radius 1 is 1.21 bits per heavy atom. The minimum Gasteiger partial charge on any atom is -0.397 e. The zero-order chi connectivity index (χ0) is 14.0. The molecule has 0 aliphatic rings. The molecule has 0 saturated heterocycles. The van der Waals surface area contributed by atoms with Gasteiger partial charge in [0.15, 0.2) is 0 Å². The third-order valence-corrected chi connectivity index (χ3v) is 3.31. The molecule has 4 N–H and O–H groups in total. The minimum atomic E-state index is -0.726. The van der Waals surface area contributed by atoms with E-state index in [9.17, 15) is 13.6 Å². The van der Waals surface area contributed by atoms with Crippen LogP contribution in [0.2, 0.25) is 0 Å². The fraction of sp³-hybridized carbons (Fsp3) is 0. The zero-order valence-corrected chi connectivity index (χ0v) is 10.4. The lowest BCUT2D eigenvalue weighted by Gasteiger charge is -2.06. The highest BCUT2D eigenvalue weighted by Gasteiger charge is 2.11. The highest BCUT2D eigenvalue weighted by molar-refractivity contribution is 7.99. The van der Waals surface area contributed by atoms with Crippen LogP contribution in [0.1, 0.15) is 10.5 Å². The number of carbonyl (C=O) groups excluding carboxylic acids is 1. The number of hydrogen-bond acceptors (Lipinski definition) is 4. The van der Waals surface area contributed by atoms with E-state index in [0.29, 0.717) is 0 Å². The number of nitrogen functional groups attached to an aromatic ring is 1. The van der Waals surface area contributed by atoms with Gasteiger partial charge in [0, 0.05) is 11.0 Å². The average molecular weight is 281 g/mol. The molecule has 2 rings (SSSR count). The Balaban J connectivity index is 2.37. The van der Waals surface area contributed by atoms with E-state index in [1.54, 1.807) is 0 Å². The first-order valence-electron chi connectivity index (χ1n) is 5.16. The monoisotopic (exact) mass is 281 g/mol. The molecule has 0 radical (unpaired) electrons. The Morgan fingerprint density at radius 2 is 1.95 bits per heavy atom. The SMILES string of the molecule is NC(=O)c1ccc(N)c(Sc2ccc(F)cc2F)n1. The first kappa shape index (κ1) is 13.3. The summed E-state index contributed by atoms with van der Waals surface area (Å²) in [5, 5.41) is 0.238. The molecule has 0 aliphatic heterocycles. The molecule has 0 aliphatic carbocycles. The van der Waals surface area contributed by atoms with Crippen molar-refractivity contribution in [3.05, 3.63) is 47.7 Å². The average Bonchev–Trinajstić information content (AvgIpc) is 2.34. The number of carbonyl (C=O) groups is 1. The molecule has 1 amide bonds. The van der Waals surface area contributed by atoms with Gasteiger partial charge in [0.25, 0.3) is 5.91 Å². The summed E-state index contributed by atoms with van der Waals surface area (Å²) in [4.78, 5) is 15.1. The highest BCUT2D eigenvalue weighted by atomic mass is 32.2. The number of anilines is 1. The van der Waals surface area contributed by atoms with Gasteiger partial charge in [-0.15, -0.1) is 0 Å². The molecule has 2 aromatic rings. The van der Waals surface area contributed by atoms with Crippen LogP contribution in [-0.2, 0) is 0 Å². The Bertz CT molecular complexity index is 649. The molecule has 1 aromatic carbocycles. The van der Waals surface area contributed by atoms with Gasteiger partial charge in [-0.1, -0.05) is 11.8 Å². The predicted octanol–water partition coefficient (Wildman–Crippen LogP) is 2.19. The molecular weight excluding hydrogens is 272 g/mol. The number of aromatic nitrogens is 1. The van der Waals surface area contributed by atoms with Crippen molar-refractivity contribution in [1.29, 1.82) is 0 Å². The van der Waals surface area contributed by atoms with Crippen molar-refractivity contribution in [2.75, 3.05) is 5.73 Å². The molecule has 1 heterocycles. The number of halogens is 2. The van der Waals surface area contributed by atoms with Gasteiger partial charge in [-0.3, -0.25) is 4.79 Å². The Labute approximate surface area is 111 Å². The van der Waals surface area contributed by atoms with Gasteiger partial charge in [0.05, 0.1) is 5.69 Å². The Kier molecular flexibility index (Phi) is 3.66. The smallest absolute Gasteiger partial charge is 0.267 e. The van der Waals surface area contributed by atoms with E-state index in [4.69, 9.17) is 11.5 Å². The lowest BCUT2D eigenvalue weighted by atomic mass is 10.3. The molecule has 0 saturated carbocycles. The molecule has 19 heavy (non-hydrogen) atoms. The predicted molar refractivity (Wildman–Crippen MR) is 67.6 cm³/mol. The van der Waals surface area contributed by atoms with E-state index in [0.717, 1.165) is 23.9 Å². The van der Waals surface area contributed by atoms with Crippen molar-refractivity contribution in [2.24, 2.45) is 5.73 Å². The molecule has 0 bridgehead atoms. The van der Waals surface area contributed by atoms with Gasteiger partial charge < -0.3 is 11.5 Å². The second-order valence-electron chi connectivity index (χ2n) is 3.63. The summed E-state index contributed by atoms with van der Waals surface area (Å²) < 4.78 is 26.3. The lowest BCUT2D eigenvalue weighted by Crippen LogP contribution is -2.13. The number of primary amides is 1. The van der Waals surface area contributed by atoms with E-state index in [1.165, 1.54) is 18.2 Å². The molecule has 0 atom stereocenters. The number of hydrogen-bond donors (Lipinski definition) is 2. The third-order valence-electron chi connectivity index (χ3n) is 2.24. The van der Waals surface area contributed by atoms with Gasteiger partial charge in [-0.2, -0.15) is 0 Å². The number of benzene rings is 1. The fourth-order valence-electron chi connectivity index (χ4n) is 1.33. The van der Waals surface area contributed by atoms with Gasteiger partial charge in [0.2, 0.25) is 0 Å². The van der Waals surface area contributed by atoms with Gasteiger partial charge in [-0.25, -0.2) is 13.8 Å². The first-order chi connectivity index (χ1) is 8.97. The number of pyridine rings is 1. The van der Waals surface area contributed by atoms with Crippen molar-refractivity contribution in [1.82, 2.24) is 4.98 Å². The maximum atomic E-state index is 13.5. The summed E-state index contributed by atoms with van der Waals surface area (Å²) in [6.45, 7) is 0. The number of nitrogens with two attached hydrogens (primary N) is 2. The Morgan fingerprint density at radius 3 is 2.58 bits per heavy atom. The largest absolute Gasteiger partial charge is 0.397 e. The zero-order valence-electron chi connectivity index (χ0n) is 9.56. The molecule has 0 fully saturated rings. The van der Waals surface area contributed by atoms with Gasteiger partial charge in [0.1, 0.15) is 22.4 Å². The van der Waals surface area contributed by atoms with Crippen molar-refractivity contribution in [2.45, 2.75) is 9.92 Å². The second-order valence-corrected chi connectivity index (χ2v) is 4.66. The summed E-state index contributed by atoms with van der Waals surface area (Å²) in [6, 6.07) is 5.99. The highest BCUT2D eigenvalue weighted by Crippen LogP contribution is 2.32. The van der Waals surface area contributed by atoms with Crippen LogP contribution in [0.5, 0.6) is 0 Å². The van der Waals surface area contributed by atoms with Crippen LogP contribution in [-0.4, -0.2) is 10.9 Å². The van der Waals surface area contributed by atoms with Crippen LogP contribution in [0, 0.1) is 11.6 Å². The first-order valence-corrected chi connectivity index (χ1v) is 5.98. The minimum absolute atomic E-state index is 0.0271. The van der Waals surface area contributed by atoms with Crippen molar-refractivity contribution in [3.63, 3.8) is 0 Å². The van der Waals surface area contributed by atoms with Crippen LogP contribution >= 0.6 is 11.8 Å². The van der Waals surface area contributed by atoms with E-state index >= 15 is 0 Å². The van der Waals surface area contributed by atoms with Crippen LogP contribution in [0.25, 0.3) is 0 Å². The molecule has 0 spiro atoms. The van der Waals surface area contributed by atoms with Crippen LogP contribution in [0.3, 0.4) is 0 Å². The van der Waals surface area contributed by atoms with Crippen molar-refractivity contribution < 1.29 is 13.6 Å². The normalized spacial score (nSPS) is 10.4. The summed E-state index contributed by atoms with van der Waals surface area (Å²) >= 11 is 0.896. The lowest BCUT2D eigenvalue weighted by molar-refractivity contribution is 0.0995. The molecule has 7 heteroatoms. The van der Waals surface area contributed by atoms with Gasteiger partial charge >= 0.3 is 0 Å². The topological polar surface area (TPSA) is 82.0 Å². The third kappa shape index (κ3) is 3.00. The van der Waals surface area contributed by atoms with E-state index in [2.05, 4.69) is 4.98 Å². The van der Waals surface area contributed by atoms with E-state index in [-0.39, 0.29) is 21.3 Å². The quantitative estimate of drug-likeness (QED) is 0.903. The van der Waals surface area contributed by atoms with Crippen LogP contribution < -0.4 is 11.5 Å². The van der Waals surface area contributed by atoms with Crippen molar-refractivity contribution in [3.8, 4) is 0 Å². The molecule has 98 valence electrons. The van der Waals surface area contributed by atoms with Crippen molar-refractivity contribution >= 4 is 23.4 Å². The molecule has 1 aromatic heterocycles. The standard InChI is InChI=1S/C12H9F2N3OS/c13-6-1-4-10(7(14)5-6)19-12-8(15)2-3-9(17-12)11(16)18/h1-5H,15H2,(H2,16,18). The Hall–Kier alpha value is -2.15. The summed E-state index contributed by atoms with van der Waals surface area (Å²) in [5.74, 6) is -2.11. The molecule has 0 unspecified atom stereocenters.